The maximum absolute atomic E-state index is 11.8. The van der Waals surface area contributed by atoms with Crippen LogP contribution in [0.2, 0.25) is 0 Å². The van der Waals surface area contributed by atoms with Gasteiger partial charge in [-0.1, -0.05) is 11.8 Å². The van der Waals surface area contributed by atoms with Gasteiger partial charge in [0.2, 0.25) is 0 Å². The standard InChI is InChI=1S/C13H16N2O2S/c16-8-3-4-11-5-9-18-12(11)10-14-13(17)15-6-1-2-7-15/h5,9,16H,1-2,6-8,10H2,(H,14,17). The molecule has 5 heteroatoms. The molecule has 1 aromatic heterocycles. The first-order valence-electron chi connectivity index (χ1n) is 6.00. The van der Waals surface area contributed by atoms with Crippen LogP contribution in [0, 0.1) is 11.8 Å². The molecule has 0 bridgehead atoms. The molecule has 0 radical (unpaired) electrons. The number of hydrogen-bond donors (Lipinski definition) is 2. The van der Waals surface area contributed by atoms with E-state index >= 15 is 0 Å². The number of thiophene rings is 1. The van der Waals surface area contributed by atoms with Crippen LogP contribution in [-0.2, 0) is 6.54 Å². The predicted molar refractivity (Wildman–Crippen MR) is 71.3 cm³/mol. The Kier molecular flexibility index (Phi) is 4.62. The fraction of sp³-hybridized carbons (Fsp3) is 0.462. The van der Waals surface area contributed by atoms with Gasteiger partial charge < -0.3 is 15.3 Å². The summed E-state index contributed by atoms with van der Waals surface area (Å²) in [5.41, 5.74) is 0.885. The minimum Gasteiger partial charge on any atom is -0.384 e. The molecule has 4 nitrogen and oxygen atoms in total. The Bertz CT molecular complexity index is 467. The van der Waals surface area contributed by atoms with E-state index in [9.17, 15) is 4.79 Å². The van der Waals surface area contributed by atoms with Crippen LogP contribution < -0.4 is 5.32 Å². The number of aliphatic hydroxyl groups excluding tert-OH is 1. The molecule has 1 saturated heterocycles. The Morgan fingerprint density at radius 3 is 3.00 bits per heavy atom. The van der Waals surface area contributed by atoms with Gasteiger partial charge in [-0.2, -0.15) is 0 Å². The van der Waals surface area contributed by atoms with Gasteiger partial charge in [0.1, 0.15) is 6.61 Å². The van der Waals surface area contributed by atoms with Crippen molar-refractivity contribution >= 4 is 17.4 Å². The monoisotopic (exact) mass is 264 g/mol. The molecule has 1 fully saturated rings. The average Bonchev–Trinajstić information content (AvgIpc) is 3.04. The van der Waals surface area contributed by atoms with Crippen LogP contribution in [-0.4, -0.2) is 35.7 Å². The summed E-state index contributed by atoms with van der Waals surface area (Å²) in [4.78, 5) is 14.7. The molecule has 2 amide bonds. The van der Waals surface area contributed by atoms with Crippen molar-refractivity contribution in [2.75, 3.05) is 19.7 Å². The fourth-order valence-electron chi connectivity index (χ4n) is 1.91. The smallest absolute Gasteiger partial charge is 0.317 e. The third kappa shape index (κ3) is 3.25. The molecule has 2 heterocycles. The second-order valence-electron chi connectivity index (χ2n) is 4.07. The van der Waals surface area contributed by atoms with Gasteiger partial charge in [-0.3, -0.25) is 0 Å². The molecule has 0 atom stereocenters. The first kappa shape index (κ1) is 12.9. The van der Waals surface area contributed by atoms with Crippen molar-refractivity contribution in [1.82, 2.24) is 10.2 Å². The third-order valence-electron chi connectivity index (χ3n) is 2.84. The van der Waals surface area contributed by atoms with E-state index in [4.69, 9.17) is 5.11 Å². The van der Waals surface area contributed by atoms with E-state index in [0.717, 1.165) is 36.4 Å². The molecule has 1 aromatic rings. The normalized spacial score (nSPS) is 14.2. The Labute approximate surface area is 111 Å². The number of aliphatic hydroxyl groups is 1. The lowest BCUT2D eigenvalue weighted by Gasteiger charge is -2.15. The van der Waals surface area contributed by atoms with E-state index in [-0.39, 0.29) is 12.6 Å². The van der Waals surface area contributed by atoms with Gasteiger partial charge in [-0.05, 0) is 24.3 Å². The zero-order valence-electron chi connectivity index (χ0n) is 10.1. The van der Waals surface area contributed by atoms with Gasteiger partial charge in [0.25, 0.3) is 0 Å². The molecule has 0 spiro atoms. The highest BCUT2D eigenvalue weighted by atomic mass is 32.1. The van der Waals surface area contributed by atoms with Crippen molar-refractivity contribution in [3.63, 3.8) is 0 Å². The molecule has 0 saturated carbocycles. The van der Waals surface area contributed by atoms with Crippen molar-refractivity contribution in [2.45, 2.75) is 19.4 Å². The number of carbonyl (C=O) groups excluding carboxylic acids is 1. The maximum atomic E-state index is 11.8. The largest absolute Gasteiger partial charge is 0.384 e. The SMILES string of the molecule is O=C(NCc1sccc1C#CCO)N1CCCC1. The summed E-state index contributed by atoms with van der Waals surface area (Å²) in [5, 5.41) is 13.5. The van der Waals surface area contributed by atoms with E-state index < -0.39 is 0 Å². The number of hydrogen-bond acceptors (Lipinski definition) is 3. The van der Waals surface area contributed by atoms with Crippen molar-refractivity contribution in [2.24, 2.45) is 0 Å². The molecule has 1 aliphatic rings. The summed E-state index contributed by atoms with van der Waals surface area (Å²) in [6.07, 6.45) is 2.19. The number of likely N-dealkylation sites (tertiary alicyclic amines) is 1. The molecule has 96 valence electrons. The summed E-state index contributed by atoms with van der Waals surface area (Å²) in [7, 11) is 0. The number of amides is 2. The summed E-state index contributed by atoms with van der Waals surface area (Å²) >= 11 is 1.57. The van der Waals surface area contributed by atoms with Crippen molar-refractivity contribution in [3.05, 3.63) is 21.9 Å². The van der Waals surface area contributed by atoms with Crippen LogP contribution in [0.15, 0.2) is 11.4 Å². The Hall–Kier alpha value is -1.51. The van der Waals surface area contributed by atoms with Crippen LogP contribution in [0.5, 0.6) is 0 Å². The molecular formula is C13H16N2O2S. The van der Waals surface area contributed by atoms with Gasteiger partial charge in [0.05, 0.1) is 6.54 Å². The second-order valence-corrected chi connectivity index (χ2v) is 5.07. The molecule has 1 aliphatic heterocycles. The van der Waals surface area contributed by atoms with Crippen molar-refractivity contribution < 1.29 is 9.90 Å². The first-order chi connectivity index (χ1) is 8.81. The van der Waals surface area contributed by atoms with E-state index in [1.165, 1.54) is 0 Å². The number of carbonyl (C=O) groups is 1. The maximum Gasteiger partial charge on any atom is 0.317 e. The summed E-state index contributed by atoms with van der Waals surface area (Å²) in [6, 6.07) is 1.91. The molecule has 18 heavy (non-hydrogen) atoms. The molecule has 2 rings (SSSR count). The van der Waals surface area contributed by atoms with E-state index in [1.54, 1.807) is 11.3 Å². The third-order valence-corrected chi connectivity index (χ3v) is 3.76. The summed E-state index contributed by atoms with van der Waals surface area (Å²) in [6.45, 7) is 2.07. The minimum absolute atomic E-state index is 0.00182. The highest BCUT2D eigenvalue weighted by Crippen LogP contribution is 2.16. The van der Waals surface area contributed by atoms with Gasteiger partial charge in [0.15, 0.2) is 0 Å². The Morgan fingerprint density at radius 1 is 1.50 bits per heavy atom. The van der Waals surface area contributed by atoms with Gasteiger partial charge in [-0.25, -0.2) is 4.79 Å². The first-order valence-corrected chi connectivity index (χ1v) is 6.88. The Morgan fingerprint density at radius 2 is 2.28 bits per heavy atom. The van der Waals surface area contributed by atoms with Gasteiger partial charge >= 0.3 is 6.03 Å². The molecule has 2 N–H and O–H groups in total. The second kappa shape index (κ2) is 6.43. The van der Waals surface area contributed by atoms with Crippen LogP contribution in [0.4, 0.5) is 4.79 Å². The average molecular weight is 264 g/mol. The number of nitrogens with one attached hydrogen (secondary N) is 1. The summed E-state index contributed by atoms with van der Waals surface area (Å²) < 4.78 is 0. The van der Waals surface area contributed by atoms with Crippen LogP contribution in [0.1, 0.15) is 23.3 Å². The lowest BCUT2D eigenvalue weighted by Crippen LogP contribution is -2.37. The predicted octanol–water partition coefficient (Wildman–Crippen LogP) is 1.40. The van der Waals surface area contributed by atoms with Gasteiger partial charge in [-0.15, -0.1) is 11.3 Å². The zero-order chi connectivity index (χ0) is 12.8. The number of nitrogens with zero attached hydrogens (tertiary/aromatic N) is 1. The summed E-state index contributed by atoms with van der Waals surface area (Å²) in [5.74, 6) is 5.50. The van der Waals surface area contributed by atoms with Gasteiger partial charge in [0, 0.05) is 23.5 Å². The highest BCUT2D eigenvalue weighted by molar-refractivity contribution is 7.10. The molecule has 0 unspecified atom stereocenters. The fourth-order valence-corrected chi connectivity index (χ4v) is 2.68. The topological polar surface area (TPSA) is 52.6 Å². The molecule has 0 aromatic carbocycles. The molecule has 0 aliphatic carbocycles. The van der Waals surface area contributed by atoms with E-state index in [1.807, 2.05) is 16.3 Å². The Balaban J connectivity index is 1.89. The minimum atomic E-state index is -0.143. The van der Waals surface area contributed by atoms with E-state index in [2.05, 4.69) is 17.2 Å². The van der Waals surface area contributed by atoms with Crippen molar-refractivity contribution in [1.29, 1.82) is 0 Å². The zero-order valence-corrected chi connectivity index (χ0v) is 10.9. The van der Waals surface area contributed by atoms with E-state index in [0.29, 0.717) is 6.54 Å². The van der Waals surface area contributed by atoms with Crippen LogP contribution in [0.25, 0.3) is 0 Å². The number of urea groups is 1. The lowest BCUT2D eigenvalue weighted by molar-refractivity contribution is 0.208. The van der Waals surface area contributed by atoms with Crippen LogP contribution in [0.3, 0.4) is 0 Å². The lowest BCUT2D eigenvalue weighted by atomic mass is 10.2. The van der Waals surface area contributed by atoms with Crippen LogP contribution >= 0.6 is 11.3 Å². The quantitative estimate of drug-likeness (QED) is 0.793. The highest BCUT2D eigenvalue weighted by Gasteiger charge is 2.17. The van der Waals surface area contributed by atoms with Crippen molar-refractivity contribution in [3.8, 4) is 11.8 Å². The number of rotatable bonds is 2. The molecular weight excluding hydrogens is 248 g/mol.